The third-order valence-electron chi connectivity index (χ3n) is 10.4. The van der Waals surface area contributed by atoms with Crippen molar-refractivity contribution in [3.05, 3.63) is 182 Å². The zero-order valence-electron chi connectivity index (χ0n) is 29.9. The van der Waals surface area contributed by atoms with E-state index in [1.54, 1.807) is 22.7 Å². The molecule has 0 spiro atoms. The molecule has 4 aromatic heterocycles. The van der Waals surface area contributed by atoms with Gasteiger partial charge in [-0.25, -0.2) is 19.9 Å². The first kappa shape index (κ1) is 32.6. The Labute approximate surface area is 331 Å². The fourth-order valence-corrected chi connectivity index (χ4v) is 9.88. The Bertz CT molecular complexity index is 3040. The summed E-state index contributed by atoms with van der Waals surface area (Å²) in [5, 5.41) is 4.40. The lowest BCUT2D eigenvalue weighted by atomic mass is 9.96. The van der Waals surface area contributed by atoms with Gasteiger partial charge in [-0.05, 0) is 46.5 Å². The van der Waals surface area contributed by atoms with Crippen molar-refractivity contribution >= 4 is 63.3 Å². The van der Waals surface area contributed by atoms with E-state index in [4.69, 9.17) is 19.9 Å². The van der Waals surface area contributed by atoms with Crippen LogP contribution in [0.5, 0.6) is 0 Å². The van der Waals surface area contributed by atoms with Crippen molar-refractivity contribution in [1.29, 1.82) is 0 Å². The normalized spacial score (nSPS) is 11.6. The molecular weight excluding hydrogens is 721 g/mol. The quantitative estimate of drug-likeness (QED) is 0.170. The highest BCUT2D eigenvalue weighted by molar-refractivity contribution is 7.26. The number of nitrogens with zero attached hydrogens (tertiary/aromatic N) is 4. The minimum atomic E-state index is 0.693. The van der Waals surface area contributed by atoms with Gasteiger partial charge in [0.1, 0.15) is 9.66 Å². The smallest absolute Gasteiger partial charge is 0.161 e. The van der Waals surface area contributed by atoms with Gasteiger partial charge in [0.05, 0.1) is 11.4 Å². The van der Waals surface area contributed by atoms with Crippen LogP contribution in [0.15, 0.2) is 182 Å². The second-order valence-corrected chi connectivity index (χ2v) is 15.8. The van der Waals surface area contributed by atoms with Crippen LogP contribution in [0.25, 0.3) is 108 Å². The third kappa shape index (κ3) is 5.58. The topological polar surface area (TPSA) is 51.6 Å². The fourth-order valence-electron chi connectivity index (χ4n) is 7.73. The molecular formula is C50H30N4S2. The van der Waals surface area contributed by atoms with Crippen LogP contribution < -0.4 is 0 Å². The van der Waals surface area contributed by atoms with E-state index in [9.17, 15) is 0 Å². The number of aromatic nitrogens is 4. The summed E-state index contributed by atoms with van der Waals surface area (Å²) in [5.74, 6) is 1.39. The molecule has 262 valence electrons. The molecule has 0 radical (unpaired) electrons. The van der Waals surface area contributed by atoms with Crippen molar-refractivity contribution < 1.29 is 0 Å². The molecule has 0 saturated heterocycles. The summed E-state index contributed by atoms with van der Waals surface area (Å²) in [5.41, 5.74) is 10.3. The summed E-state index contributed by atoms with van der Waals surface area (Å²) in [6, 6.07) is 63.7. The molecule has 0 amide bonds. The first-order valence-electron chi connectivity index (χ1n) is 18.6. The number of thiophene rings is 2. The molecule has 56 heavy (non-hydrogen) atoms. The van der Waals surface area contributed by atoms with Gasteiger partial charge in [0.25, 0.3) is 0 Å². The van der Waals surface area contributed by atoms with Crippen LogP contribution in [0.4, 0.5) is 0 Å². The van der Waals surface area contributed by atoms with Gasteiger partial charge >= 0.3 is 0 Å². The molecule has 6 heteroatoms. The standard InChI is InChI=1S/C50H30N4S2/c1-3-15-31(16-4-1)33-19-13-21-35(29-33)47-51-45(43-39-25-9-11-27-41(39)55-49(43)53-47)37-23-7-8-24-38(37)46-44-40-26-10-12-28-42(40)56-50(44)54-48(52-46)36-22-14-20-34(30-36)32-17-5-2-6-18-32/h1-30H. The van der Waals surface area contributed by atoms with Crippen molar-refractivity contribution in [2.75, 3.05) is 0 Å². The molecule has 0 saturated carbocycles. The Hall–Kier alpha value is -6.86. The van der Waals surface area contributed by atoms with Gasteiger partial charge in [-0.3, -0.25) is 0 Å². The Morgan fingerprint density at radius 2 is 0.679 bits per heavy atom. The number of benzene rings is 7. The van der Waals surface area contributed by atoms with Crippen LogP contribution in [0.2, 0.25) is 0 Å². The van der Waals surface area contributed by atoms with Gasteiger partial charge in [-0.15, -0.1) is 22.7 Å². The van der Waals surface area contributed by atoms with Crippen molar-refractivity contribution in [1.82, 2.24) is 19.9 Å². The predicted octanol–water partition coefficient (Wildman–Crippen LogP) is 14.0. The molecule has 0 aliphatic heterocycles. The second-order valence-electron chi connectivity index (χ2n) is 13.8. The molecule has 11 aromatic rings. The molecule has 0 bridgehead atoms. The van der Waals surface area contributed by atoms with Crippen molar-refractivity contribution in [2.45, 2.75) is 0 Å². The average Bonchev–Trinajstić information content (AvgIpc) is 3.85. The first-order chi connectivity index (χ1) is 27.7. The van der Waals surface area contributed by atoms with Gasteiger partial charge in [0.15, 0.2) is 11.6 Å². The van der Waals surface area contributed by atoms with E-state index in [1.165, 1.54) is 9.40 Å². The number of hydrogen-bond donors (Lipinski definition) is 0. The summed E-state index contributed by atoms with van der Waals surface area (Å²) < 4.78 is 2.36. The molecule has 0 aliphatic carbocycles. The van der Waals surface area contributed by atoms with Crippen LogP contribution in [0.1, 0.15) is 0 Å². The summed E-state index contributed by atoms with van der Waals surface area (Å²) >= 11 is 3.42. The van der Waals surface area contributed by atoms with E-state index in [0.717, 1.165) is 87.1 Å². The van der Waals surface area contributed by atoms with E-state index in [1.807, 2.05) is 12.1 Å². The minimum Gasteiger partial charge on any atom is -0.227 e. The van der Waals surface area contributed by atoms with E-state index in [2.05, 4.69) is 170 Å². The summed E-state index contributed by atoms with van der Waals surface area (Å²) in [6.07, 6.45) is 0. The van der Waals surface area contributed by atoms with Gasteiger partial charge in [-0.1, -0.05) is 158 Å². The Balaban J connectivity index is 1.17. The van der Waals surface area contributed by atoms with Gasteiger partial charge in [0, 0.05) is 53.2 Å². The summed E-state index contributed by atoms with van der Waals surface area (Å²) in [6.45, 7) is 0. The Morgan fingerprint density at radius 1 is 0.304 bits per heavy atom. The summed E-state index contributed by atoms with van der Waals surface area (Å²) in [7, 11) is 0. The molecule has 4 nitrogen and oxygen atoms in total. The zero-order chi connectivity index (χ0) is 37.0. The van der Waals surface area contributed by atoms with Crippen LogP contribution in [-0.4, -0.2) is 19.9 Å². The molecule has 7 aromatic carbocycles. The highest BCUT2D eigenvalue weighted by Gasteiger charge is 2.23. The second kappa shape index (κ2) is 13.5. The maximum atomic E-state index is 5.50. The maximum absolute atomic E-state index is 5.50. The van der Waals surface area contributed by atoms with Gasteiger partial charge in [-0.2, -0.15) is 0 Å². The number of rotatable bonds is 6. The molecule has 0 aliphatic rings. The average molecular weight is 751 g/mol. The van der Waals surface area contributed by atoms with Crippen molar-refractivity contribution in [3.8, 4) is 67.5 Å². The number of hydrogen-bond acceptors (Lipinski definition) is 6. The fraction of sp³-hybridized carbons (Fsp3) is 0. The van der Waals surface area contributed by atoms with E-state index >= 15 is 0 Å². The van der Waals surface area contributed by atoms with Crippen LogP contribution in [0.3, 0.4) is 0 Å². The lowest BCUT2D eigenvalue weighted by molar-refractivity contribution is 1.23. The van der Waals surface area contributed by atoms with E-state index in [0.29, 0.717) is 11.6 Å². The maximum Gasteiger partial charge on any atom is 0.161 e. The highest BCUT2D eigenvalue weighted by Crippen LogP contribution is 2.45. The molecule has 4 heterocycles. The largest absolute Gasteiger partial charge is 0.227 e. The minimum absolute atomic E-state index is 0.693. The van der Waals surface area contributed by atoms with Gasteiger partial charge in [0.2, 0.25) is 0 Å². The SMILES string of the molecule is c1ccc(-c2cccc(-c3nc(-c4ccccc4-c4nc(-c5cccc(-c6ccccc6)c5)nc5sc6ccccc6c45)c4c(n3)sc3ccccc34)c2)cc1. The molecule has 0 fully saturated rings. The Morgan fingerprint density at radius 3 is 1.14 bits per heavy atom. The molecule has 0 N–H and O–H groups in total. The molecule has 0 unspecified atom stereocenters. The van der Waals surface area contributed by atoms with Gasteiger partial charge < -0.3 is 0 Å². The van der Waals surface area contributed by atoms with E-state index < -0.39 is 0 Å². The van der Waals surface area contributed by atoms with Crippen LogP contribution >= 0.6 is 22.7 Å². The monoisotopic (exact) mass is 750 g/mol. The number of fused-ring (bicyclic) bond motifs is 6. The zero-order valence-corrected chi connectivity index (χ0v) is 31.6. The van der Waals surface area contributed by atoms with Crippen LogP contribution in [-0.2, 0) is 0 Å². The van der Waals surface area contributed by atoms with Crippen molar-refractivity contribution in [3.63, 3.8) is 0 Å². The van der Waals surface area contributed by atoms with E-state index in [-0.39, 0.29) is 0 Å². The van der Waals surface area contributed by atoms with Crippen LogP contribution in [0, 0.1) is 0 Å². The lowest BCUT2D eigenvalue weighted by Crippen LogP contribution is -1.98. The first-order valence-corrected chi connectivity index (χ1v) is 20.2. The molecule has 11 rings (SSSR count). The molecule has 0 atom stereocenters. The predicted molar refractivity (Wildman–Crippen MR) is 236 cm³/mol. The lowest BCUT2D eigenvalue weighted by Gasteiger charge is -2.14. The Kier molecular flexibility index (Phi) is 7.83. The van der Waals surface area contributed by atoms with Crippen molar-refractivity contribution in [2.24, 2.45) is 0 Å². The third-order valence-corrected chi connectivity index (χ3v) is 12.5. The summed E-state index contributed by atoms with van der Waals surface area (Å²) in [4.78, 5) is 23.4. The highest BCUT2D eigenvalue weighted by atomic mass is 32.1.